The fourth-order valence-electron chi connectivity index (χ4n) is 2.77. The molecule has 5 nitrogen and oxygen atoms in total. The van der Waals surface area contributed by atoms with E-state index in [9.17, 15) is 13.6 Å². The fourth-order valence-corrected chi connectivity index (χ4v) is 4.18. The third-order valence-corrected chi connectivity index (χ3v) is 5.99. The van der Waals surface area contributed by atoms with Crippen LogP contribution in [0.4, 0.5) is 14.5 Å². The molecule has 1 amide bonds. The maximum absolute atomic E-state index is 12.6. The van der Waals surface area contributed by atoms with Crippen LogP contribution >= 0.6 is 23.5 Å². The van der Waals surface area contributed by atoms with Gasteiger partial charge in [-0.05, 0) is 37.8 Å². The number of carbonyl (C=O) groups is 1. The second-order valence-electron chi connectivity index (χ2n) is 6.43. The number of nitrogens with zero attached hydrogens (tertiary/aromatic N) is 3. The number of rotatable bonds is 8. The molecule has 2 aliphatic carbocycles. The van der Waals surface area contributed by atoms with E-state index in [0.29, 0.717) is 34.3 Å². The summed E-state index contributed by atoms with van der Waals surface area (Å²) in [7, 11) is 0. The first-order valence-corrected chi connectivity index (χ1v) is 10.4. The average molecular weight is 396 g/mol. The van der Waals surface area contributed by atoms with Gasteiger partial charge in [-0.2, -0.15) is 8.78 Å². The topological polar surface area (TPSA) is 59.8 Å². The lowest BCUT2D eigenvalue weighted by Crippen LogP contribution is -2.15. The molecule has 0 saturated heterocycles. The van der Waals surface area contributed by atoms with Crippen LogP contribution in [0.1, 0.15) is 43.5 Å². The third kappa shape index (κ3) is 4.20. The Bertz CT molecular complexity index is 806. The molecule has 2 aliphatic rings. The summed E-state index contributed by atoms with van der Waals surface area (Å²) >= 11 is 1.78. The highest BCUT2D eigenvalue weighted by atomic mass is 32.2. The van der Waals surface area contributed by atoms with Gasteiger partial charge in [-0.15, -0.1) is 10.2 Å². The van der Waals surface area contributed by atoms with Crippen LogP contribution in [0.5, 0.6) is 0 Å². The minimum atomic E-state index is -2.53. The highest BCUT2D eigenvalue weighted by Crippen LogP contribution is 2.46. The van der Waals surface area contributed by atoms with Gasteiger partial charge in [-0.25, -0.2) is 0 Å². The van der Waals surface area contributed by atoms with Gasteiger partial charge >= 0.3 is 0 Å². The number of carbonyl (C=O) groups excluding carboxylic acids is 1. The number of halogens is 2. The zero-order chi connectivity index (χ0) is 18.1. The Kier molecular flexibility index (Phi) is 5.17. The average Bonchev–Trinajstić information content (AvgIpc) is 3.53. The van der Waals surface area contributed by atoms with Gasteiger partial charge in [-0.3, -0.25) is 4.79 Å². The molecule has 0 radical (unpaired) electrons. The Morgan fingerprint density at radius 1 is 1.23 bits per heavy atom. The first-order valence-electron chi connectivity index (χ1n) is 8.53. The van der Waals surface area contributed by atoms with Gasteiger partial charge in [-0.1, -0.05) is 35.7 Å². The SMILES string of the molecule is O=C(CSc1nnc(C2CC2)n1C1CC1)Nc1ccccc1SC(F)F. The Morgan fingerprint density at radius 2 is 2.00 bits per heavy atom. The second kappa shape index (κ2) is 7.56. The summed E-state index contributed by atoms with van der Waals surface area (Å²) in [6.07, 6.45) is 4.59. The lowest BCUT2D eigenvalue weighted by molar-refractivity contribution is -0.113. The number of aromatic nitrogens is 3. The molecule has 0 unspecified atom stereocenters. The summed E-state index contributed by atoms with van der Waals surface area (Å²) in [5.41, 5.74) is 0.408. The number of alkyl halides is 2. The van der Waals surface area contributed by atoms with Crippen LogP contribution in [0.15, 0.2) is 34.3 Å². The van der Waals surface area contributed by atoms with Gasteiger partial charge in [0.25, 0.3) is 5.76 Å². The van der Waals surface area contributed by atoms with E-state index in [1.807, 2.05) is 0 Å². The summed E-state index contributed by atoms with van der Waals surface area (Å²) in [5, 5.41) is 12.1. The highest BCUT2D eigenvalue weighted by molar-refractivity contribution is 8.00. The number of anilines is 1. The Labute approximate surface area is 158 Å². The number of thioether (sulfide) groups is 2. The maximum Gasteiger partial charge on any atom is 0.288 e. The predicted octanol–water partition coefficient (Wildman–Crippen LogP) is 4.54. The van der Waals surface area contributed by atoms with Gasteiger partial charge in [0, 0.05) is 16.9 Å². The largest absolute Gasteiger partial charge is 0.324 e. The summed E-state index contributed by atoms with van der Waals surface area (Å²) in [6.45, 7) is 0. The fraction of sp³-hybridized carbons (Fsp3) is 0.471. The number of amides is 1. The van der Waals surface area contributed by atoms with Crippen LogP contribution < -0.4 is 5.32 Å². The van der Waals surface area contributed by atoms with E-state index in [4.69, 9.17) is 0 Å². The lowest BCUT2D eigenvalue weighted by atomic mass is 10.3. The molecule has 138 valence electrons. The Hall–Kier alpha value is -1.61. The summed E-state index contributed by atoms with van der Waals surface area (Å²) in [5.74, 6) is -1.03. The van der Waals surface area contributed by atoms with Gasteiger partial charge < -0.3 is 9.88 Å². The molecular formula is C17H18F2N4OS2. The maximum atomic E-state index is 12.6. The summed E-state index contributed by atoms with van der Waals surface area (Å²) < 4.78 is 27.5. The van der Waals surface area contributed by atoms with Crippen molar-refractivity contribution >= 4 is 35.1 Å². The molecule has 0 spiro atoms. The van der Waals surface area contributed by atoms with Crippen molar-refractivity contribution in [2.24, 2.45) is 0 Å². The van der Waals surface area contributed by atoms with E-state index in [2.05, 4.69) is 20.1 Å². The number of hydrogen-bond donors (Lipinski definition) is 1. The van der Waals surface area contributed by atoms with E-state index in [0.717, 1.165) is 36.7 Å². The monoisotopic (exact) mass is 396 g/mol. The van der Waals surface area contributed by atoms with Crippen molar-refractivity contribution in [3.05, 3.63) is 30.1 Å². The smallest absolute Gasteiger partial charge is 0.288 e. The molecule has 1 heterocycles. The quantitative estimate of drug-likeness (QED) is 0.664. The van der Waals surface area contributed by atoms with Gasteiger partial charge in [0.1, 0.15) is 5.82 Å². The molecule has 0 bridgehead atoms. The lowest BCUT2D eigenvalue weighted by Gasteiger charge is -2.11. The molecule has 1 aromatic carbocycles. The van der Waals surface area contributed by atoms with Crippen LogP contribution in [0.2, 0.25) is 0 Å². The third-order valence-electron chi connectivity index (χ3n) is 4.25. The molecule has 2 aromatic rings. The summed E-state index contributed by atoms with van der Waals surface area (Å²) in [6, 6.07) is 7.06. The second-order valence-corrected chi connectivity index (χ2v) is 8.40. The van der Waals surface area contributed by atoms with Crippen LogP contribution in [-0.4, -0.2) is 32.2 Å². The van der Waals surface area contributed by atoms with Crippen LogP contribution in [-0.2, 0) is 4.79 Å². The van der Waals surface area contributed by atoms with Crippen molar-refractivity contribution in [3.63, 3.8) is 0 Å². The van der Waals surface area contributed by atoms with E-state index in [-0.39, 0.29) is 11.7 Å². The van der Waals surface area contributed by atoms with Gasteiger partial charge in [0.05, 0.1) is 11.4 Å². The first kappa shape index (κ1) is 17.8. The molecule has 2 fully saturated rings. The first-order chi connectivity index (χ1) is 12.6. The predicted molar refractivity (Wildman–Crippen MR) is 97.9 cm³/mol. The Morgan fingerprint density at radius 3 is 2.69 bits per heavy atom. The van der Waals surface area contributed by atoms with Crippen molar-refractivity contribution in [3.8, 4) is 0 Å². The molecule has 0 atom stereocenters. The standard InChI is InChI=1S/C17H18F2N4OS2/c18-16(19)26-13-4-2-1-3-12(13)20-14(24)9-25-17-22-21-15(10-5-6-10)23(17)11-7-8-11/h1-4,10-11,16H,5-9H2,(H,20,24). The van der Waals surface area contributed by atoms with Gasteiger partial charge in [0.2, 0.25) is 5.91 Å². The minimum Gasteiger partial charge on any atom is -0.324 e. The van der Waals surface area contributed by atoms with Crippen molar-refractivity contribution in [1.29, 1.82) is 0 Å². The zero-order valence-electron chi connectivity index (χ0n) is 13.9. The van der Waals surface area contributed by atoms with Crippen LogP contribution in [0, 0.1) is 0 Å². The van der Waals surface area contributed by atoms with E-state index < -0.39 is 5.76 Å². The number of benzene rings is 1. The molecule has 0 aliphatic heterocycles. The normalized spacial score (nSPS) is 16.9. The Balaban J connectivity index is 1.39. The molecule has 1 aromatic heterocycles. The summed E-state index contributed by atoms with van der Waals surface area (Å²) in [4.78, 5) is 12.6. The number of para-hydroxylation sites is 1. The van der Waals surface area contributed by atoms with Crippen molar-refractivity contribution in [2.45, 2.75) is 53.5 Å². The van der Waals surface area contributed by atoms with E-state index in [1.54, 1.807) is 24.3 Å². The van der Waals surface area contributed by atoms with E-state index >= 15 is 0 Å². The van der Waals surface area contributed by atoms with Gasteiger partial charge in [0.15, 0.2) is 5.16 Å². The molecule has 1 N–H and O–H groups in total. The van der Waals surface area contributed by atoms with Crippen LogP contribution in [0.25, 0.3) is 0 Å². The van der Waals surface area contributed by atoms with Crippen molar-refractivity contribution in [1.82, 2.24) is 14.8 Å². The highest BCUT2D eigenvalue weighted by Gasteiger charge is 2.36. The number of hydrogen-bond acceptors (Lipinski definition) is 5. The molecule has 2 saturated carbocycles. The minimum absolute atomic E-state index is 0.170. The van der Waals surface area contributed by atoms with Crippen molar-refractivity contribution < 1.29 is 13.6 Å². The molecule has 9 heteroatoms. The number of nitrogens with one attached hydrogen (secondary N) is 1. The molecule has 4 rings (SSSR count). The van der Waals surface area contributed by atoms with E-state index in [1.165, 1.54) is 11.8 Å². The molecular weight excluding hydrogens is 378 g/mol. The zero-order valence-corrected chi connectivity index (χ0v) is 15.5. The molecule has 26 heavy (non-hydrogen) atoms. The van der Waals surface area contributed by atoms with Crippen LogP contribution in [0.3, 0.4) is 0 Å². The van der Waals surface area contributed by atoms with Crippen molar-refractivity contribution in [2.75, 3.05) is 11.1 Å².